The van der Waals surface area contributed by atoms with Gasteiger partial charge in [0.2, 0.25) is 0 Å². The maximum atomic E-state index is 5.30. The lowest BCUT2D eigenvalue weighted by Gasteiger charge is -2.14. The van der Waals surface area contributed by atoms with Crippen molar-refractivity contribution in [3.63, 3.8) is 0 Å². The van der Waals surface area contributed by atoms with Crippen LogP contribution in [-0.4, -0.2) is 9.97 Å². The van der Waals surface area contributed by atoms with Crippen molar-refractivity contribution >= 4 is 53.1 Å². The van der Waals surface area contributed by atoms with E-state index in [0.717, 1.165) is 39.2 Å². The van der Waals surface area contributed by atoms with Gasteiger partial charge in [-0.3, -0.25) is 0 Å². The Labute approximate surface area is 335 Å². The molecule has 0 fully saturated rings. The van der Waals surface area contributed by atoms with Gasteiger partial charge in [-0.2, -0.15) is 0 Å². The number of benzene rings is 9. The summed E-state index contributed by atoms with van der Waals surface area (Å²) in [6.07, 6.45) is 0. The molecular formula is C54H34N2S. The van der Waals surface area contributed by atoms with E-state index in [-0.39, 0.29) is 0 Å². The highest BCUT2D eigenvalue weighted by Gasteiger charge is 2.16. The Balaban J connectivity index is 1.09. The molecule has 0 aliphatic carbocycles. The summed E-state index contributed by atoms with van der Waals surface area (Å²) < 4.78 is 2.59. The van der Waals surface area contributed by atoms with Crippen molar-refractivity contribution in [2.24, 2.45) is 0 Å². The molecule has 2 nitrogen and oxygen atoms in total. The minimum atomic E-state index is 0.700. The molecule has 0 unspecified atom stereocenters. The molecule has 0 aliphatic heterocycles. The van der Waals surface area contributed by atoms with Crippen LogP contribution in [0.15, 0.2) is 206 Å². The standard InChI is InChI=1S/C54H34N2S/c1-2-13-39(14-3-1)54-55-50(38-25-21-37(22-26-38)42-27-23-35-11-4-6-15-40(35)29-42)34-51(56-54)46-32-44(43-28-24-36-12-5-7-16-41(36)30-43)31-45(33-46)47-18-10-19-49-48-17-8-9-20-52(48)57-53(47)49/h1-34H. The van der Waals surface area contributed by atoms with E-state index in [1.165, 1.54) is 64.0 Å². The van der Waals surface area contributed by atoms with Crippen LogP contribution >= 0.6 is 11.3 Å². The highest BCUT2D eigenvalue weighted by molar-refractivity contribution is 7.26. The molecule has 0 bridgehead atoms. The molecule has 266 valence electrons. The average molecular weight is 743 g/mol. The summed E-state index contributed by atoms with van der Waals surface area (Å²) in [6.45, 7) is 0. The summed E-state index contributed by atoms with van der Waals surface area (Å²) >= 11 is 1.86. The van der Waals surface area contributed by atoms with Gasteiger partial charge in [-0.25, -0.2) is 9.97 Å². The first kappa shape index (κ1) is 33.2. The maximum absolute atomic E-state index is 5.30. The van der Waals surface area contributed by atoms with Crippen molar-refractivity contribution < 1.29 is 0 Å². The molecule has 0 spiro atoms. The van der Waals surface area contributed by atoms with E-state index < -0.39 is 0 Å². The molecule has 0 saturated carbocycles. The lowest BCUT2D eigenvalue weighted by atomic mass is 9.93. The zero-order valence-electron chi connectivity index (χ0n) is 30.9. The number of thiophene rings is 1. The number of fused-ring (bicyclic) bond motifs is 5. The van der Waals surface area contributed by atoms with Crippen LogP contribution in [-0.2, 0) is 0 Å². The van der Waals surface area contributed by atoms with E-state index >= 15 is 0 Å². The largest absolute Gasteiger partial charge is 0.228 e. The first-order chi connectivity index (χ1) is 28.2. The highest BCUT2D eigenvalue weighted by atomic mass is 32.1. The van der Waals surface area contributed by atoms with Gasteiger partial charge in [0.15, 0.2) is 5.82 Å². The van der Waals surface area contributed by atoms with E-state index in [1.807, 2.05) is 29.5 Å². The number of rotatable bonds is 6. The maximum Gasteiger partial charge on any atom is 0.160 e. The monoisotopic (exact) mass is 742 g/mol. The fourth-order valence-corrected chi connectivity index (χ4v) is 9.34. The molecule has 0 amide bonds. The second kappa shape index (κ2) is 13.8. The van der Waals surface area contributed by atoms with Gasteiger partial charge in [0.1, 0.15) is 0 Å². The topological polar surface area (TPSA) is 25.8 Å². The first-order valence-electron chi connectivity index (χ1n) is 19.3. The van der Waals surface area contributed by atoms with Gasteiger partial charge in [-0.15, -0.1) is 11.3 Å². The van der Waals surface area contributed by atoms with Crippen LogP contribution in [0.25, 0.3) is 109 Å². The number of hydrogen-bond donors (Lipinski definition) is 0. The fraction of sp³-hybridized carbons (Fsp3) is 0. The van der Waals surface area contributed by atoms with Crippen LogP contribution in [0.2, 0.25) is 0 Å². The Bertz CT molecular complexity index is 3290. The summed E-state index contributed by atoms with van der Waals surface area (Å²) in [7, 11) is 0. The summed E-state index contributed by atoms with van der Waals surface area (Å²) in [6, 6.07) is 74.1. The predicted molar refractivity (Wildman–Crippen MR) is 243 cm³/mol. The van der Waals surface area contributed by atoms with Gasteiger partial charge in [0.25, 0.3) is 0 Å². The molecule has 9 aromatic carbocycles. The molecule has 0 radical (unpaired) electrons. The molecule has 57 heavy (non-hydrogen) atoms. The van der Waals surface area contributed by atoms with Gasteiger partial charge < -0.3 is 0 Å². The third-order valence-electron chi connectivity index (χ3n) is 11.0. The summed E-state index contributed by atoms with van der Waals surface area (Å²) in [5.74, 6) is 0.700. The molecule has 2 aromatic heterocycles. The Hall–Kier alpha value is -7.20. The van der Waals surface area contributed by atoms with Gasteiger partial charge >= 0.3 is 0 Å². The molecule has 11 rings (SSSR count). The van der Waals surface area contributed by atoms with Crippen LogP contribution in [0, 0.1) is 0 Å². The normalized spacial score (nSPS) is 11.5. The van der Waals surface area contributed by atoms with Crippen LogP contribution in [0.5, 0.6) is 0 Å². The fourth-order valence-electron chi connectivity index (χ4n) is 8.10. The van der Waals surface area contributed by atoms with Crippen molar-refractivity contribution in [3.8, 4) is 67.3 Å². The van der Waals surface area contributed by atoms with Crippen molar-refractivity contribution in [1.29, 1.82) is 0 Å². The average Bonchev–Trinajstić information content (AvgIpc) is 3.68. The molecule has 0 saturated heterocycles. The van der Waals surface area contributed by atoms with E-state index in [4.69, 9.17) is 9.97 Å². The molecule has 3 heteroatoms. The highest BCUT2D eigenvalue weighted by Crippen LogP contribution is 2.42. The minimum Gasteiger partial charge on any atom is -0.228 e. The van der Waals surface area contributed by atoms with Crippen molar-refractivity contribution in [2.45, 2.75) is 0 Å². The molecule has 2 heterocycles. The zero-order valence-corrected chi connectivity index (χ0v) is 31.7. The smallest absolute Gasteiger partial charge is 0.160 e. The van der Waals surface area contributed by atoms with Crippen LogP contribution < -0.4 is 0 Å². The first-order valence-corrected chi connectivity index (χ1v) is 20.1. The van der Waals surface area contributed by atoms with Crippen LogP contribution in [0.3, 0.4) is 0 Å². The van der Waals surface area contributed by atoms with Gasteiger partial charge in [-0.05, 0) is 97.4 Å². The van der Waals surface area contributed by atoms with E-state index in [1.54, 1.807) is 0 Å². The second-order valence-corrected chi connectivity index (χ2v) is 15.7. The predicted octanol–water partition coefficient (Wildman–Crippen LogP) is 15.2. The molecule has 0 atom stereocenters. The molecule has 0 N–H and O–H groups in total. The lowest BCUT2D eigenvalue weighted by molar-refractivity contribution is 1.18. The van der Waals surface area contributed by atoms with E-state index in [0.29, 0.717) is 5.82 Å². The van der Waals surface area contributed by atoms with Gasteiger partial charge in [0.05, 0.1) is 11.4 Å². The number of aromatic nitrogens is 2. The quantitative estimate of drug-likeness (QED) is 0.170. The van der Waals surface area contributed by atoms with E-state index in [9.17, 15) is 0 Å². The van der Waals surface area contributed by atoms with Gasteiger partial charge in [0, 0.05) is 36.9 Å². The molecular weight excluding hydrogens is 709 g/mol. The van der Waals surface area contributed by atoms with Crippen molar-refractivity contribution in [1.82, 2.24) is 9.97 Å². The Morgan fingerprint density at radius 2 is 0.842 bits per heavy atom. The SMILES string of the molecule is c1ccc(-c2nc(-c3ccc(-c4ccc5ccccc5c4)cc3)cc(-c3cc(-c4ccc5ccccc5c4)cc(-c4cccc5c4sc4ccccc45)c3)n2)cc1. The van der Waals surface area contributed by atoms with Crippen molar-refractivity contribution in [2.75, 3.05) is 0 Å². The second-order valence-electron chi connectivity index (χ2n) is 14.6. The summed E-state index contributed by atoms with van der Waals surface area (Å²) in [5.41, 5.74) is 11.9. The zero-order chi connectivity index (χ0) is 37.7. The third-order valence-corrected chi connectivity index (χ3v) is 12.3. The summed E-state index contributed by atoms with van der Waals surface area (Å²) in [4.78, 5) is 10.5. The third kappa shape index (κ3) is 6.15. The minimum absolute atomic E-state index is 0.700. The van der Waals surface area contributed by atoms with Crippen LogP contribution in [0.1, 0.15) is 0 Å². The number of hydrogen-bond acceptors (Lipinski definition) is 3. The Morgan fingerprint density at radius 1 is 0.298 bits per heavy atom. The van der Waals surface area contributed by atoms with Crippen LogP contribution in [0.4, 0.5) is 0 Å². The number of nitrogens with zero attached hydrogens (tertiary/aromatic N) is 2. The molecule has 11 aromatic rings. The summed E-state index contributed by atoms with van der Waals surface area (Å²) in [5, 5.41) is 7.51. The van der Waals surface area contributed by atoms with Gasteiger partial charge in [-0.1, -0.05) is 164 Å². The lowest BCUT2D eigenvalue weighted by Crippen LogP contribution is -1.96. The van der Waals surface area contributed by atoms with Crippen molar-refractivity contribution in [3.05, 3.63) is 206 Å². The van der Waals surface area contributed by atoms with E-state index in [2.05, 4.69) is 188 Å². The Morgan fingerprint density at radius 3 is 1.58 bits per heavy atom. The Kier molecular flexibility index (Phi) is 8.04. The molecule has 0 aliphatic rings.